The summed E-state index contributed by atoms with van der Waals surface area (Å²) in [5.74, 6) is -0.103. The van der Waals surface area contributed by atoms with Crippen molar-refractivity contribution in [3.63, 3.8) is 0 Å². The van der Waals surface area contributed by atoms with Crippen molar-refractivity contribution in [2.45, 2.75) is 289 Å². The zero-order valence-corrected chi connectivity index (χ0v) is 41.8. The second-order valence-electron chi connectivity index (χ2n) is 18.6. The Morgan fingerprint density at radius 2 is 0.794 bits per heavy atom. The average Bonchev–Trinajstić information content (AvgIpc) is 3.28. The SMILES string of the molecule is CCCCCCCCC/C=C\CCCCCCCC(=O)OCCCCC/C=C\C=C/CCCCCCCCCCCCC(=O)NC(CO)C(O)/C=C/CCCCCCCCCCC. The molecule has 3 N–H and O–H groups in total. The van der Waals surface area contributed by atoms with Crippen LogP contribution < -0.4 is 5.32 Å². The molecule has 0 heterocycles. The molecule has 0 aromatic heterocycles. The Labute approximate surface area is 391 Å². The first-order valence-electron chi connectivity index (χ1n) is 27.4. The van der Waals surface area contributed by atoms with Crippen molar-refractivity contribution < 1.29 is 24.5 Å². The summed E-state index contributed by atoms with van der Waals surface area (Å²) < 4.78 is 5.45. The maximum atomic E-state index is 12.4. The quantitative estimate of drug-likeness (QED) is 0.0245. The smallest absolute Gasteiger partial charge is 0.305 e. The minimum Gasteiger partial charge on any atom is -0.466 e. The van der Waals surface area contributed by atoms with Gasteiger partial charge in [-0.05, 0) is 89.9 Å². The van der Waals surface area contributed by atoms with Gasteiger partial charge in [0.25, 0.3) is 0 Å². The van der Waals surface area contributed by atoms with Crippen LogP contribution in [0.25, 0.3) is 0 Å². The molecule has 6 heteroatoms. The molecule has 0 aliphatic heterocycles. The van der Waals surface area contributed by atoms with Crippen LogP contribution in [0.3, 0.4) is 0 Å². The molecule has 0 spiro atoms. The predicted octanol–water partition coefficient (Wildman–Crippen LogP) is 16.6. The van der Waals surface area contributed by atoms with Crippen molar-refractivity contribution in [2.24, 2.45) is 0 Å². The average molecular weight is 884 g/mol. The molecule has 0 radical (unpaired) electrons. The Hall–Kier alpha value is -2.18. The highest BCUT2D eigenvalue weighted by molar-refractivity contribution is 5.76. The third-order valence-corrected chi connectivity index (χ3v) is 12.3. The summed E-state index contributed by atoms with van der Waals surface area (Å²) in [4.78, 5) is 24.4. The van der Waals surface area contributed by atoms with Crippen molar-refractivity contribution >= 4 is 11.9 Å². The van der Waals surface area contributed by atoms with Crippen molar-refractivity contribution in [1.82, 2.24) is 5.32 Å². The monoisotopic (exact) mass is 884 g/mol. The van der Waals surface area contributed by atoms with Crippen LogP contribution in [0.15, 0.2) is 48.6 Å². The third kappa shape index (κ3) is 49.1. The first-order valence-corrected chi connectivity index (χ1v) is 27.4. The number of allylic oxidation sites excluding steroid dienone is 7. The molecule has 2 atom stereocenters. The molecule has 0 saturated carbocycles. The number of rotatable bonds is 50. The highest BCUT2D eigenvalue weighted by Gasteiger charge is 2.18. The summed E-state index contributed by atoms with van der Waals surface area (Å²) in [5.41, 5.74) is 0. The number of hydrogen-bond donors (Lipinski definition) is 3. The van der Waals surface area contributed by atoms with E-state index in [1.807, 2.05) is 6.08 Å². The summed E-state index contributed by atoms with van der Waals surface area (Å²) >= 11 is 0. The fraction of sp³-hybridized carbons (Fsp3) is 0.825. The van der Waals surface area contributed by atoms with Crippen molar-refractivity contribution in [1.29, 1.82) is 0 Å². The molecule has 0 aliphatic carbocycles. The number of hydrogen-bond acceptors (Lipinski definition) is 5. The number of unbranched alkanes of at least 4 members (excludes halogenated alkanes) is 34. The van der Waals surface area contributed by atoms with Crippen LogP contribution in [0.2, 0.25) is 0 Å². The van der Waals surface area contributed by atoms with Gasteiger partial charge in [0.15, 0.2) is 0 Å². The van der Waals surface area contributed by atoms with Crippen LogP contribution in [0.1, 0.15) is 277 Å². The van der Waals surface area contributed by atoms with Gasteiger partial charge < -0.3 is 20.3 Å². The van der Waals surface area contributed by atoms with Crippen molar-refractivity contribution in [2.75, 3.05) is 13.2 Å². The van der Waals surface area contributed by atoms with Gasteiger partial charge in [-0.15, -0.1) is 0 Å². The van der Waals surface area contributed by atoms with E-state index in [2.05, 4.69) is 55.6 Å². The van der Waals surface area contributed by atoms with Crippen LogP contribution in [0.4, 0.5) is 0 Å². The summed E-state index contributed by atoms with van der Waals surface area (Å²) in [5, 5.41) is 23.0. The lowest BCUT2D eigenvalue weighted by molar-refractivity contribution is -0.143. The van der Waals surface area contributed by atoms with E-state index in [1.165, 1.54) is 173 Å². The Morgan fingerprint density at radius 1 is 0.444 bits per heavy atom. The number of amides is 1. The molecule has 0 rings (SSSR count). The lowest BCUT2D eigenvalue weighted by Crippen LogP contribution is -2.45. The maximum Gasteiger partial charge on any atom is 0.305 e. The van der Waals surface area contributed by atoms with Crippen LogP contribution in [-0.4, -0.2) is 47.4 Å². The zero-order valence-electron chi connectivity index (χ0n) is 41.8. The van der Waals surface area contributed by atoms with Crippen molar-refractivity contribution in [3.8, 4) is 0 Å². The van der Waals surface area contributed by atoms with E-state index in [0.29, 0.717) is 19.4 Å². The van der Waals surface area contributed by atoms with Crippen LogP contribution >= 0.6 is 0 Å². The second-order valence-corrected chi connectivity index (χ2v) is 18.6. The van der Waals surface area contributed by atoms with E-state index in [1.54, 1.807) is 6.08 Å². The molecule has 0 aromatic rings. The summed E-state index contributed by atoms with van der Waals surface area (Å²) in [7, 11) is 0. The summed E-state index contributed by atoms with van der Waals surface area (Å²) in [6.45, 7) is 4.84. The first-order chi connectivity index (χ1) is 31.0. The standard InChI is InChI=1S/C57H105NO5/c1-3-5-7-9-11-13-15-16-17-24-27-31-35-39-43-47-51-57(62)63-52-48-44-40-36-32-28-25-22-20-18-19-21-23-26-30-34-38-42-46-50-56(61)58-54(53-59)55(60)49-45-41-37-33-29-14-12-10-8-6-4-2/h17,22,24-25,28,32,45,49,54-55,59-60H,3-16,18-21,23,26-27,29-31,33-44,46-48,50-53H2,1-2H3,(H,58,61)/b24-17-,25-22-,32-28-,49-45+. The van der Waals surface area contributed by atoms with Gasteiger partial charge in [-0.3, -0.25) is 9.59 Å². The number of carbonyl (C=O) groups is 2. The van der Waals surface area contributed by atoms with Gasteiger partial charge in [0.1, 0.15) is 0 Å². The lowest BCUT2D eigenvalue weighted by Gasteiger charge is -2.20. The van der Waals surface area contributed by atoms with E-state index in [4.69, 9.17) is 4.74 Å². The molecular formula is C57H105NO5. The Balaban J connectivity index is 3.50. The van der Waals surface area contributed by atoms with Crippen LogP contribution in [0.5, 0.6) is 0 Å². The lowest BCUT2D eigenvalue weighted by atomic mass is 10.0. The number of aliphatic hydroxyl groups is 2. The molecule has 6 nitrogen and oxygen atoms in total. The molecular weight excluding hydrogens is 779 g/mol. The van der Waals surface area contributed by atoms with Crippen LogP contribution in [-0.2, 0) is 14.3 Å². The molecule has 0 aliphatic rings. The number of carbonyl (C=O) groups excluding carboxylic acids is 2. The van der Waals surface area contributed by atoms with Gasteiger partial charge in [0, 0.05) is 12.8 Å². The number of ether oxygens (including phenoxy) is 1. The third-order valence-electron chi connectivity index (χ3n) is 12.3. The number of nitrogens with one attached hydrogen (secondary N) is 1. The van der Waals surface area contributed by atoms with E-state index in [9.17, 15) is 19.8 Å². The molecule has 0 saturated heterocycles. The molecule has 1 amide bonds. The van der Waals surface area contributed by atoms with E-state index in [0.717, 1.165) is 77.0 Å². The van der Waals surface area contributed by atoms with Gasteiger partial charge in [0.05, 0.1) is 25.4 Å². The summed E-state index contributed by atoms with van der Waals surface area (Å²) in [6.07, 6.45) is 65.5. The molecule has 0 fully saturated rings. The number of aliphatic hydroxyl groups excluding tert-OH is 2. The summed E-state index contributed by atoms with van der Waals surface area (Å²) in [6, 6.07) is -0.635. The zero-order chi connectivity index (χ0) is 45.8. The largest absolute Gasteiger partial charge is 0.466 e. The predicted molar refractivity (Wildman–Crippen MR) is 273 cm³/mol. The molecule has 368 valence electrons. The second kappa shape index (κ2) is 52.4. The van der Waals surface area contributed by atoms with Gasteiger partial charge in [-0.25, -0.2) is 0 Å². The molecule has 0 bridgehead atoms. The topological polar surface area (TPSA) is 95.9 Å². The van der Waals surface area contributed by atoms with Crippen LogP contribution in [0, 0.1) is 0 Å². The minimum atomic E-state index is -0.850. The van der Waals surface area contributed by atoms with E-state index < -0.39 is 12.1 Å². The van der Waals surface area contributed by atoms with Gasteiger partial charge in [0.2, 0.25) is 5.91 Å². The molecule has 2 unspecified atom stereocenters. The first kappa shape index (κ1) is 60.8. The normalized spacial score (nSPS) is 13.0. The minimum absolute atomic E-state index is 0.0223. The molecule has 0 aromatic carbocycles. The highest BCUT2D eigenvalue weighted by Crippen LogP contribution is 2.15. The van der Waals surface area contributed by atoms with Gasteiger partial charge in [-0.1, -0.05) is 223 Å². The Kier molecular flexibility index (Phi) is 50.6. The Morgan fingerprint density at radius 3 is 1.22 bits per heavy atom. The van der Waals surface area contributed by atoms with E-state index >= 15 is 0 Å². The Bertz CT molecular complexity index is 1070. The van der Waals surface area contributed by atoms with E-state index in [-0.39, 0.29) is 18.5 Å². The highest BCUT2D eigenvalue weighted by atomic mass is 16.5. The molecule has 63 heavy (non-hydrogen) atoms. The van der Waals surface area contributed by atoms with Crippen molar-refractivity contribution in [3.05, 3.63) is 48.6 Å². The van der Waals surface area contributed by atoms with Gasteiger partial charge in [-0.2, -0.15) is 0 Å². The maximum absolute atomic E-state index is 12.4. The fourth-order valence-electron chi connectivity index (χ4n) is 8.09. The fourth-order valence-corrected chi connectivity index (χ4v) is 8.09. The van der Waals surface area contributed by atoms with Gasteiger partial charge >= 0.3 is 5.97 Å². The number of esters is 1.